The van der Waals surface area contributed by atoms with E-state index < -0.39 is 0 Å². The fourth-order valence-electron chi connectivity index (χ4n) is 1.59. The Labute approximate surface area is 97.9 Å². The molecular formula is C10H14N2O3S. The summed E-state index contributed by atoms with van der Waals surface area (Å²) in [5, 5.41) is 4.23. The monoisotopic (exact) mass is 242 g/mol. The number of hydrogen-bond acceptors (Lipinski definition) is 6. The first kappa shape index (κ1) is 11.4. The molecule has 0 spiro atoms. The third-order valence-corrected chi connectivity index (χ3v) is 3.68. The molecule has 1 aliphatic rings. The molecule has 2 rings (SSSR count). The Kier molecular flexibility index (Phi) is 3.82. The van der Waals surface area contributed by atoms with Gasteiger partial charge < -0.3 is 9.26 Å². The third kappa shape index (κ3) is 2.75. The van der Waals surface area contributed by atoms with Gasteiger partial charge in [-0.25, -0.2) is 0 Å². The minimum absolute atomic E-state index is 0.0677. The van der Waals surface area contributed by atoms with Gasteiger partial charge in [0, 0.05) is 0 Å². The summed E-state index contributed by atoms with van der Waals surface area (Å²) >= 11 is 1.84. The predicted octanol–water partition coefficient (Wildman–Crippen LogP) is 1.74. The van der Waals surface area contributed by atoms with Crippen molar-refractivity contribution in [1.82, 2.24) is 10.1 Å². The van der Waals surface area contributed by atoms with Crippen LogP contribution in [0.4, 0.5) is 0 Å². The molecule has 0 N–H and O–H groups in total. The molecule has 0 amide bonds. The maximum atomic E-state index is 11.2. The molecule has 0 aliphatic carbocycles. The summed E-state index contributed by atoms with van der Waals surface area (Å²) in [5.74, 6) is 1.88. The van der Waals surface area contributed by atoms with Crippen LogP contribution in [0.15, 0.2) is 4.52 Å². The van der Waals surface area contributed by atoms with Gasteiger partial charge in [0.05, 0.1) is 11.9 Å². The van der Waals surface area contributed by atoms with E-state index in [2.05, 4.69) is 10.1 Å². The topological polar surface area (TPSA) is 65.2 Å². The normalized spacial score (nSPS) is 19.9. The molecule has 16 heavy (non-hydrogen) atoms. The fourth-order valence-corrected chi connectivity index (χ4v) is 2.78. The molecule has 1 aromatic heterocycles. The first-order valence-electron chi connectivity index (χ1n) is 5.39. The van der Waals surface area contributed by atoms with Gasteiger partial charge in [-0.1, -0.05) is 5.16 Å². The lowest BCUT2D eigenvalue weighted by molar-refractivity contribution is -0.142. The molecule has 1 unspecified atom stereocenters. The van der Waals surface area contributed by atoms with Crippen molar-refractivity contribution in [3.63, 3.8) is 0 Å². The molecule has 1 saturated heterocycles. The van der Waals surface area contributed by atoms with Crippen LogP contribution in [0.3, 0.4) is 0 Å². The van der Waals surface area contributed by atoms with Crippen LogP contribution in [0.5, 0.6) is 0 Å². The molecule has 1 fully saturated rings. The maximum absolute atomic E-state index is 11.2. The zero-order chi connectivity index (χ0) is 11.4. The average molecular weight is 242 g/mol. The van der Waals surface area contributed by atoms with Gasteiger partial charge in [-0.3, -0.25) is 4.79 Å². The highest BCUT2D eigenvalue weighted by atomic mass is 32.2. The van der Waals surface area contributed by atoms with Gasteiger partial charge in [0.1, 0.15) is 6.42 Å². The van der Waals surface area contributed by atoms with Crippen molar-refractivity contribution in [1.29, 1.82) is 0 Å². The second-order valence-corrected chi connectivity index (χ2v) is 4.84. The number of esters is 1. The Bertz CT molecular complexity index is 361. The second kappa shape index (κ2) is 5.34. The zero-order valence-electron chi connectivity index (χ0n) is 9.14. The Balaban J connectivity index is 1.93. The van der Waals surface area contributed by atoms with Crippen LogP contribution in [-0.2, 0) is 16.0 Å². The van der Waals surface area contributed by atoms with Gasteiger partial charge in [0.15, 0.2) is 5.82 Å². The standard InChI is InChI=1S/C10H14N2O3S/c1-2-14-9(13)6-8-11-10(12-15-8)7-4-3-5-16-7/h7H,2-6H2,1H3. The van der Waals surface area contributed by atoms with E-state index in [4.69, 9.17) is 9.26 Å². The number of carbonyl (C=O) groups is 1. The van der Waals surface area contributed by atoms with E-state index >= 15 is 0 Å². The minimum Gasteiger partial charge on any atom is -0.466 e. The van der Waals surface area contributed by atoms with Crippen LogP contribution < -0.4 is 0 Å². The molecule has 0 radical (unpaired) electrons. The van der Waals surface area contributed by atoms with Crippen LogP contribution in [0, 0.1) is 0 Å². The van der Waals surface area contributed by atoms with Gasteiger partial charge in [-0.05, 0) is 25.5 Å². The van der Waals surface area contributed by atoms with E-state index in [0.29, 0.717) is 23.6 Å². The predicted molar refractivity (Wildman–Crippen MR) is 59.1 cm³/mol. The van der Waals surface area contributed by atoms with Gasteiger partial charge in [0.2, 0.25) is 5.89 Å². The van der Waals surface area contributed by atoms with Gasteiger partial charge >= 0.3 is 5.97 Å². The highest BCUT2D eigenvalue weighted by Crippen LogP contribution is 2.38. The van der Waals surface area contributed by atoms with Gasteiger partial charge in [-0.15, -0.1) is 0 Å². The molecule has 1 aromatic rings. The van der Waals surface area contributed by atoms with Gasteiger partial charge in [0.25, 0.3) is 0 Å². The molecule has 1 aliphatic heterocycles. The molecule has 6 heteroatoms. The van der Waals surface area contributed by atoms with Gasteiger partial charge in [-0.2, -0.15) is 16.7 Å². The first-order valence-corrected chi connectivity index (χ1v) is 6.44. The maximum Gasteiger partial charge on any atom is 0.315 e. The summed E-state index contributed by atoms with van der Waals surface area (Å²) in [6, 6.07) is 0. The number of rotatable bonds is 4. The lowest BCUT2D eigenvalue weighted by Gasteiger charge is -1.99. The van der Waals surface area contributed by atoms with Crippen molar-refractivity contribution in [2.45, 2.75) is 31.4 Å². The molecule has 0 saturated carbocycles. The van der Waals surface area contributed by atoms with E-state index in [1.165, 1.54) is 6.42 Å². The quantitative estimate of drug-likeness (QED) is 0.749. The molecular weight excluding hydrogens is 228 g/mol. The largest absolute Gasteiger partial charge is 0.466 e. The molecule has 0 aromatic carbocycles. The third-order valence-electron chi connectivity index (χ3n) is 2.30. The van der Waals surface area contributed by atoms with E-state index in [9.17, 15) is 4.79 Å². The smallest absolute Gasteiger partial charge is 0.315 e. The Morgan fingerprint density at radius 3 is 3.25 bits per heavy atom. The lowest BCUT2D eigenvalue weighted by Crippen LogP contribution is -2.07. The number of thioether (sulfide) groups is 1. The summed E-state index contributed by atoms with van der Waals surface area (Å²) in [4.78, 5) is 15.4. The molecule has 1 atom stereocenters. The Morgan fingerprint density at radius 1 is 1.69 bits per heavy atom. The van der Waals surface area contributed by atoms with E-state index in [1.807, 2.05) is 11.8 Å². The first-order chi connectivity index (χ1) is 7.79. The molecule has 5 nitrogen and oxygen atoms in total. The van der Waals surface area contributed by atoms with Crippen molar-refractivity contribution < 1.29 is 14.1 Å². The Hall–Kier alpha value is -1.04. The van der Waals surface area contributed by atoms with E-state index in [-0.39, 0.29) is 12.4 Å². The second-order valence-electron chi connectivity index (χ2n) is 3.53. The summed E-state index contributed by atoms with van der Waals surface area (Å²) in [7, 11) is 0. The van der Waals surface area contributed by atoms with Crippen LogP contribution in [-0.4, -0.2) is 28.5 Å². The van der Waals surface area contributed by atoms with E-state index in [0.717, 1.165) is 12.2 Å². The highest BCUT2D eigenvalue weighted by Gasteiger charge is 2.23. The summed E-state index contributed by atoms with van der Waals surface area (Å²) in [5.41, 5.74) is 0. The lowest BCUT2D eigenvalue weighted by atomic mass is 10.2. The van der Waals surface area contributed by atoms with Crippen LogP contribution >= 0.6 is 11.8 Å². The molecule has 88 valence electrons. The summed E-state index contributed by atoms with van der Waals surface area (Å²) in [6.45, 7) is 2.14. The number of ether oxygens (including phenoxy) is 1. The van der Waals surface area contributed by atoms with Crippen LogP contribution in [0.2, 0.25) is 0 Å². The van der Waals surface area contributed by atoms with Crippen molar-refractivity contribution >= 4 is 17.7 Å². The SMILES string of the molecule is CCOC(=O)Cc1nc(C2CCCS2)no1. The molecule has 0 bridgehead atoms. The molecule has 2 heterocycles. The van der Waals surface area contributed by atoms with Crippen molar-refractivity contribution in [3.05, 3.63) is 11.7 Å². The highest BCUT2D eigenvalue weighted by molar-refractivity contribution is 7.99. The van der Waals surface area contributed by atoms with Crippen molar-refractivity contribution in [2.75, 3.05) is 12.4 Å². The van der Waals surface area contributed by atoms with Crippen LogP contribution in [0.1, 0.15) is 36.7 Å². The minimum atomic E-state index is -0.322. The number of nitrogens with zero attached hydrogens (tertiary/aromatic N) is 2. The van der Waals surface area contributed by atoms with Crippen molar-refractivity contribution in [2.24, 2.45) is 0 Å². The zero-order valence-corrected chi connectivity index (χ0v) is 9.96. The number of carbonyl (C=O) groups excluding carboxylic acids is 1. The number of hydrogen-bond donors (Lipinski definition) is 0. The number of aromatic nitrogens is 2. The van der Waals surface area contributed by atoms with Crippen LogP contribution in [0.25, 0.3) is 0 Å². The Morgan fingerprint density at radius 2 is 2.56 bits per heavy atom. The fraction of sp³-hybridized carbons (Fsp3) is 0.700. The van der Waals surface area contributed by atoms with Crippen molar-refractivity contribution in [3.8, 4) is 0 Å². The average Bonchev–Trinajstić information content (AvgIpc) is 2.86. The van der Waals surface area contributed by atoms with E-state index in [1.54, 1.807) is 6.92 Å². The summed E-state index contributed by atoms with van der Waals surface area (Å²) in [6.07, 6.45) is 2.35. The summed E-state index contributed by atoms with van der Waals surface area (Å²) < 4.78 is 9.83.